The molecule has 2 heterocycles. The Balaban J connectivity index is 1.38. The van der Waals surface area contributed by atoms with Crippen LogP contribution in [0.15, 0.2) is 16.6 Å². The van der Waals surface area contributed by atoms with Crippen LogP contribution in [-0.4, -0.2) is 26.6 Å². The third kappa shape index (κ3) is 3.60. The van der Waals surface area contributed by atoms with Crippen LogP contribution in [0.1, 0.15) is 47.6 Å². The van der Waals surface area contributed by atoms with E-state index < -0.39 is 15.9 Å². The molecule has 0 saturated carbocycles. The summed E-state index contributed by atoms with van der Waals surface area (Å²) >= 11 is 0. The van der Waals surface area contributed by atoms with E-state index >= 15 is 0 Å². The van der Waals surface area contributed by atoms with Crippen molar-refractivity contribution in [1.29, 1.82) is 0 Å². The molecular weight excluding hydrogens is 402 g/mol. The molecular formula is C21H27N5O3S. The number of anilines is 1. The lowest BCUT2D eigenvalue weighted by atomic mass is 9.99. The summed E-state index contributed by atoms with van der Waals surface area (Å²) in [6.45, 7) is 3.39. The molecule has 2 aromatic rings. The van der Waals surface area contributed by atoms with Crippen molar-refractivity contribution in [3.63, 3.8) is 0 Å². The van der Waals surface area contributed by atoms with Crippen molar-refractivity contribution in [3.8, 4) is 5.88 Å². The zero-order valence-corrected chi connectivity index (χ0v) is 18.0. The molecule has 0 bridgehead atoms. The molecule has 0 radical (unpaired) electrons. The van der Waals surface area contributed by atoms with Gasteiger partial charge in [-0.05, 0) is 60.8 Å². The molecule has 30 heavy (non-hydrogen) atoms. The number of hydrogen-bond acceptors (Lipinski definition) is 4. The summed E-state index contributed by atoms with van der Waals surface area (Å²) in [6, 6.07) is 1.65. The maximum atomic E-state index is 12.9. The summed E-state index contributed by atoms with van der Waals surface area (Å²) in [5.41, 5.74) is 6.54. The minimum Gasteiger partial charge on any atom is -0.477 e. The molecule has 1 aromatic carbocycles. The first-order valence-electron chi connectivity index (χ1n) is 10.6. The van der Waals surface area contributed by atoms with Gasteiger partial charge < -0.3 is 10.1 Å². The molecule has 1 aliphatic heterocycles. The summed E-state index contributed by atoms with van der Waals surface area (Å²) in [4.78, 5) is 12.7. The third-order valence-corrected chi connectivity index (χ3v) is 7.36. The number of benzene rings is 1. The number of carbonyl (C=O) groups excluding carboxylic acids is 1. The zero-order valence-electron chi connectivity index (χ0n) is 17.1. The average Bonchev–Trinajstić information content (AvgIpc) is 3.40. The monoisotopic (exact) mass is 429 g/mol. The van der Waals surface area contributed by atoms with Crippen LogP contribution < -0.4 is 15.2 Å². The van der Waals surface area contributed by atoms with E-state index in [-0.39, 0.29) is 5.75 Å². The first-order valence-corrected chi connectivity index (χ1v) is 12.3. The van der Waals surface area contributed by atoms with Gasteiger partial charge in [-0.1, -0.05) is 13.0 Å². The van der Waals surface area contributed by atoms with Gasteiger partial charge in [-0.3, -0.25) is 0 Å². The van der Waals surface area contributed by atoms with Gasteiger partial charge in [-0.15, -0.1) is 4.36 Å². The van der Waals surface area contributed by atoms with E-state index in [1.807, 2.05) is 0 Å². The number of amides is 2. The van der Waals surface area contributed by atoms with Crippen LogP contribution in [0.3, 0.4) is 0 Å². The Hall–Kier alpha value is -2.39. The number of nitrogens with two attached hydrogens (primary N) is 1. The van der Waals surface area contributed by atoms with Gasteiger partial charge in [0.25, 0.3) is 0 Å². The molecule has 2 amide bonds. The van der Waals surface area contributed by atoms with E-state index in [4.69, 9.17) is 9.88 Å². The van der Waals surface area contributed by atoms with E-state index in [0.717, 1.165) is 50.8 Å². The Kier molecular flexibility index (Phi) is 4.82. The lowest BCUT2D eigenvalue weighted by molar-refractivity contribution is 0.174. The predicted molar refractivity (Wildman–Crippen MR) is 115 cm³/mol. The lowest BCUT2D eigenvalue weighted by Crippen LogP contribution is -2.25. The van der Waals surface area contributed by atoms with Crippen molar-refractivity contribution >= 4 is 21.6 Å². The van der Waals surface area contributed by atoms with Crippen molar-refractivity contribution < 1.29 is 13.7 Å². The highest BCUT2D eigenvalue weighted by Gasteiger charge is 2.26. The summed E-state index contributed by atoms with van der Waals surface area (Å²) in [7, 11) is -3.27. The van der Waals surface area contributed by atoms with E-state index in [0.29, 0.717) is 24.0 Å². The van der Waals surface area contributed by atoms with Gasteiger partial charge in [-0.2, -0.15) is 5.10 Å². The zero-order chi connectivity index (χ0) is 20.9. The second-order valence-corrected chi connectivity index (χ2v) is 10.5. The molecule has 9 heteroatoms. The molecule has 0 fully saturated rings. The molecule has 8 nitrogen and oxygen atoms in total. The summed E-state index contributed by atoms with van der Waals surface area (Å²) in [5.74, 6) is 0.854. The van der Waals surface area contributed by atoms with Gasteiger partial charge >= 0.3 is 6.03 Å². The van der Waals surface area contributed by atoms with E-state index in [9.17, 15) is 9.00 Å². The van der Waals surface area contributed by atoms with Crippen molar-refractivity contribution in [2.75, 3.05) is 11.9 Å². The molecule has 0 saturated heterocycles. The molecule has 2 atom stereocenters. The largest absolute Gasteiger partial charge is 0.477 e. The summed E-state index contributed by atoms with van der Waals surface area (Å²) < 4.78 is 24.3. The smallest absolute Gasteiger partial charge is 0.354 e. The topological polar surface area (TPSA) is 112 Å². The Morgan fingerprint density at radius 3 is 2.70 bits per heavy atom. The van der Waals surface area contributed by atoms with Gasteiger partial charge in [0.2, 0.25) is 5.88 Å². The molecule has 160 valence electrons. The number of fused-ring (bicyclic) bond motifs is 3. The fraction of sp³-hybridized carbons (Fsp3) is 0.524. The minimum absolute atomic E-state index is 0.0743. The molecule has 0 spiro atoms. The van der Waals surface area contributed by atoms with E-state index in [1.54, 1.807) is 10.9 Å². The molecule has 1 aromatic heterocycles. The SMILES string of the molecule is C[C@@H]1COc2c(CS(N)(=O)=NC(=O)Nc3c4c(cc5c3CCC5)CCC4)cnn2C1. The number of rotatable bonds is 3. The van der Waals surface area contributed by atoms with E-state index in [2.05, 4.69) is 27.8 Å². The predicted octanol–water partition coefficient (Wildman–Crippen LogP) is 2.96. The lowest BCUT2D eigenvalue weighted by Gasteiger charge is -2.21. The van der Waals surface area contributed by atoms with Crippen molar-refractivity contribution in [3.05, 3.63) is 40.1 Å². The standard InChI is InChI=1S/C21H27N5O3S/c1-13-10-26-20(29-11-13)16(9-23-26)12-30(22,28)25-21(27)24-19-17-6-2-4-14(17)8-15-5-3-7-18(15)19/h8-9,13H,2-7,10-12H2,1H3,(H3,22,24,25,27,28)/t13-,30?/m0/s1. The van der Waals surface area contributed by atoms with Gasteiger partial charge in [0.05, 0.1) is 25.1 Å². The van der Waals surface area contributed by atoms with Crippen molar-refractivity contribution in [2.24, 2.45) is 15.4 Å². The summed E-state index contributed by atoms with van der Waals surface area (Å²) in [6.07, 6.45) is 7.78. The van der Waals surface area contributed by atoms with Gasteiger partial charge in [-0.25, -0.2) is 18.8 Å². The fourth-order valence-electron chi connectivity index (χ4n) is 4.87. The quantitative estimate of drug-likeness (QED) is 0.781. The van der Waals surface area contributed by atoms with E-state index in [1.165, 1.54) is 22.3 Å². The third-order valence-electron chi connectivity index (χ3n) is 6.16. The van der Waals surface area contributed by atoms with Gasteiger partial charge in [0.1, 0.15) is 9.92 Å². The van der Waals surface area contributed by atoms with Crippen LogP contribution in [0, 0.1) is 5.92 Å². The number of nitrogens with one attached hydrogen (secondary N) is 1. The Labute approximate surface area is 176 Å². The minimum atomic E-state index is -3.27. The number of hydrogen-bond donors (Lipinski definition) is 2. The van der Waals surface area contributed by atoms with Crippen LogP contribution in [0.25, 0.3) is 0 Å². The molecule has 2 aliphatic carbocycles. The highest BCUT2D eigenvalue weighted by atomic mass is 32.2. The molecule has 3 N–H and O–H groups in total. The Morgan fingerprint density at radius 2 is 2.00 bits per heavy atom. The van der Waals surface area contributed by atoms with Crippen molar-refractivity contribution in [2.45, 2.75) is 57.7 Å². The van der Waals surface area contributed by atoms with Crippen LogP contribution in [0.2, 0.25) is 0 Å². The first kappa shape index (κ1) is 19.6. The number of aromatic nitrogens is 2. The molecule has 3 aliphatic rings. The number of urea groups is 1. The average molecular weight is 430 g/mol. The van der Waals surface area contributed by atoms with Crippen LogP contribution in [-0.2, 0) is 47.9 Å². The molecule has 5 rings (SSSR count). The maximum absolute atomic E-state index is 12.9. The maximum Gasteiger partial charge on any atom is 0.354 e. The second kappa shape index (κ2) is 7.39. The van der Waals surface area contributed by atoms with Crippen LogP contribution in [0.4, 0.5) is 10.5 Å². The highest BCUT2D eigenvalue weighted by Crippen LogP contribution is 2.38. The first-order chi connectivity index (χ1) is 14.4. The van der Waals surface area contributed by atoms with Crippen molar-refractivity contribution in [1.82, 2.24) is 9.78 Å². The number of ether oxygens (including phenoxy) is 1. The van der Waals surface area contributed by atoms with Gasteiger partial charge in [0.15, 0.2) is 0 Å². The number of aryl methyl sites for hydroxylation is 2. The normalized spacial score (nSPS) is 21.2. The van der Waals surface area contributed by atoms with Gasteiger partial charge in [0, 0.05) is 17.2 Å². The van der Waals surface area contributed by atoms with Crippen LogP contribution >= 0.6 is 0 Å². The Bertz CT molecular complexity index is 1110. The summed E-state index contributed by atoms with van der Waals surface area (Å²) in [5, 5.41) is 13.2. The Morgan fingerprint density at radius 1 is 1.30 bits per heavy atom. The second-order valence-electron chi connectivity index (χ2n) is 8.66. The van der Waals surface area contributed by atoms with Crippen LogP contribution in [0.5, 0.6) is 5.88 Å². The fourth-order valence-corrected chi connectivity index (χ4v) is 5.91. The molecule has 1 unspecified atom stereocenters. The highest BCUT2D eigenvalue weighted by molar-refractivity contribution is 7.90. The number of nitrogens with zero attached hydrogens (tertiary/aromatic N) is 3. The number of carbonyl (C=O) groups is 1.